The third kappa shape index (κ3) is 4.49. The minimum Gasteiger partial charge on any atom is -0.497 e. The van der Waals surface area contributed by atoms with Crippen LogP contribution in [0.5, 0.6) is 5.75 Å². The Kier molecular flexibility index (Phi) is 6.23. The number of rotatable bonds is 7. The van der Waals surface area contributed by atoms with E-state index in [9.17, 15) is 18.4 Å². The van der Waals surface area contributed by atoms with E-state index in [1.807, 2.05) is 0 Å². The standard InChI is InChI=1S/C22H20F2N4O4S/c1-11-14-5-4-13(31-3)10-16(14)32-20(30)15(11)6-7-17(29)27-22-26-12(2)18(33-22)19-25-8-9-28(19)21(23)24/h4-5,8-10,21H,6-7H2,1-3H3,(H,26,27,29). The van der Waals surface area contributed by atoms with Crippen molar-refractivity contribution in [2.75, 3.05) is 12.4 Å². The van der Waals surface area contributed by atoms with Crippen molar-refractivity contribution in [3.63, 3.8) is 0 Å². The highest BCUT2D eigenvalue weighted by Crippen LogP contribution is 2.33. The Morgan fingerprint density at radius 2 is 2.12 bits per heavy atom. The third-order valence-corrected chi connectivity index (χ3v) is 6.29. The van der Waals surface area contributed by atoms with Gasteiger partial charge in [-0.3, -0.25) is 9.36 Å². The molecule has 0 saturated carbocycles. The highest BCUT2D eigenvalue weighted by molar-refractivity contribution is 7.19. The highest BCUT2D eigenvalue weighted by atomic mass is 32.1. The van der Waals surface area contributed by atoms with E-state index in [4.69, 9.17) is 9.15 Å². The van der Waals surface area contributed by atoms with Crippen LogP contribution in [-0.2, 0) is 11.2 Å². The number of aryl methyl sites for hydroxylation is 2. The van der Waals surface area contributed by atoms with E-state index in [0.29, 0.717) is 27.5 Å². The van der Waals surface area contributed by atoms with Crippen LogP contribution in [0.3, 0.4) is 0 Å². The van der Waals surface area contributed by atoms with Crippen molar-refractivity contribution in [1.29, 1.82) is 0 Å². The predicted octanol–water partition coefficient (Wildman–Crippen LogP) is 4.70. The van der Waals surface area contributed by atoms with E-state index in [0.717, 1.165) is 26.9 Å². The van der Waals surface area contributed by atoms with Crippen LogP contribution in [0.4, 0.5) is 13.9 Å². The highest BCUT2D eigenvalue weighted by Gasteiger charge is 2.20. The Labute approximate surface area is 190 Å². The number of hydrogen-bond acceptors (Lipinski definition) is 7. The molecule has 0 saturated heterocycles. The molecular formula is C22H20F2N4O4S. The Morgan fingerprint density at radius 1 is 1.33 bits per heavy atom. The second-order valence-electron chi connectivity index (χ2n) is 7.27. The molecule has 1 amide bonds. The summed E-state index contributed by atoms with van der Waals surface area (Å²) in [6.07, 6.45) is 2.67. The third-order valence-electron chi connectivity index (χ3n) is 5.22. The number of fused-ring (bicyclic) bond motifs is 1. The van der Waals surface area contributed by atoms with Crippen molar-refractivity contribution >= 4 is 33.3 Å². The van der Waals surface area contributed by atoms with Gasteiger partial charge >= 0.3 is 12.2 Å². The number of benzene rings is 1. The lowest BCUT2D eigenvalue weighted by molar-refractivity contribution is -0.116. The number of ether oxygens (including phenoxy) is 1. The summed E-state index contributed by atoms with van der Waals surface area (Å²) >= 11 is 1.06. The van der Waals surface area contributed by atoms with Crippen molar-refractivity contribution in [3.05, 3.63) is 57.8 Å². The summed E-state index contributed by atoms with van der Waals surface area (Å²) in [5.74, 6) is 0.300. The number of thiazole rings is 1. The minimum atomic E-state index is -2.74. The van der Waals surface area contributed by atoms with Gasteiger partial charge < -0.3 is 14.5 Å². The van der Waals surface area contributed by atoms with Crippen molar-refractivity contribution in [3.8, 4) is 16.5 Å². The lowest BCUT2D eigenvalue weighted by Gasteiger charge is -2.08. The molecule has 0 bridgehead atoms. The van der Waals surface area contributed by atoms with E-state index in [1.165, 1.54) is 19.5 Å². The van der Waals surface area contributed by atoms with Crippen LogP contribution in [-0.4, -0.2) is 27.6 Å². The molecule has 0 aliphatic carbocycles. The van der Waals surface area contributed by atoms with Crippen LogP contribution in [0.2, 0.25) is 0 Å². The maximum absolute atomic E-state index is 13.2. The van der Waals surface area contributed by atoms with Gasteiger partial charge in [0.1, 0.15) is 11.3 Å². The average molecular weight is 474 g/mol. The monoisotopic (exact) mass is 474 g/mol. The normalized spacial score (nSPS) is 11.3. The molecule has 0 radical (unpaired) electrons. The number of nitrogens with one attached hydrogen (secondary N) is 1. The van der Waals surface area contributed by atoms with E-state index in [-0.39, 0.29) is 29.7 Å². The van der Waals surface area contributed by atoms with Crippen molar-refractivity contribution < 1.29 is 22.7 Å². The number of halogens is 2. The first-order valence-electron chi connectivity index (χ1n) is 9.97. The van der Waals surface area contributed by atoms with Gasteiger partial charge in [-0.15, -0.1) is 0 Å². The Morgan fingerprint density at radius 3 is 2.85 bits per heavy atom. The van der Waals surface area contributed by atoms with E-state index >= 15 is 0 Å². The molecule has 0 atom stereocenters. The molecule has 8 nitrogen and oxygen atoms in total. The fourth-order valence-electron chi connectivity index (χ4n) is 3.51. The zero-order chi connectivity index (χ0) is 23.7. The van der Waals surface area contributed by atoms with Gasteiger partial charge in [-0.05, 0) is 38.0 Å². The Balaban J connectivity index is 1.49. The second kappa shape index (κ2) is 9.10. The molecule has 0 fully saturated rings. The number of carbonyl (C=O) groups is 1. The first kappa shape index (κ1) is 22.6. The number of amides is 1. The molecule has 4 rings (SSSR count). The first-order chi connectivity index (χ1) is 15.8. The molecule has 1 aromatic carbocycles. The summed E-state index contributed by atoms with van der Waals surface area (Å²) < 4.78 is 37.6. The van der Waals surface area contributed by atoms with Gasteiger partial charge in [0, 0.05) is 35.8 Å². The smallest absolute Gasteiger partial charge is 0.339 e. The molecule has 3 aromatic heterocycles. The number of carbonyl (C=O) groups excluding carboxylic acids is 1. The minimum absolute atomic E-state index is 0.0207. The summed E-state index contributed by atoms with van der Waals surface area (Å²) in [4.78, 5) is 33.6. The molecule has 0 spiro atoms. The molecule has 11 heteroatoms. The van der Waals surface area contributed by atoms with Gasteiger partial charge in [-0.25, -0.2) is 14.8 Å². The van der Waals surface area contributed by atoms with Gasteiger partial charge in [-0.2, -0.15) is 8.78 Å². The van der Waals surface area contributed by atoms with Gasteiger partial charge in [0.25, 0.3) is 0 Å². The number of aromatic nitrogens is 3. The van der Waals surface area contributed by atoms with Crippen LogP contribution in [0.25, 0.3) is 21.7 Å². The van der Waals surface area contributed by atoms with Crippen LogP contribution >= 0.6 is 11.3 Å². The molecule has 1 N–H and O–H groups in total. The molecule has 0 unspecified atom stereocenters. The molecule has 4 aromatic rings. The molecule has 0 aliphatic rings. The number of hydrogen-bond donors (Lipinski definition) is 1. The first-order valence-corrected chi connectivity index (χ1v) is 10.8. The lowest BCUT2D eigenvalue weighted by atomic mass is 10.0. The van der Waals surface area contributed by atoms with Crippen LogP contribution in [0.15, 0.2) is 39.8 Å². The van der Waals surface area contributed by atoms with Crippen LogP contribution in [0, 0.1) is 13.8 Å². The topological polar surface area (TPSA) is 99.2 Å². The zero-order valence-corrected chi connectivity index (χ0v) is 18.8. The molecular weight excluding hydrogens is 454 g/mol. The van der Waals surface area contributed by atoms with Crippen LogP contribution < -0.4 is 15.7 Å². The van der Waals surface area contributed by atoms with Gasteiger partial charge in [0.15, 0.2) is 11.0 Å². The quantitative estimate of drug-likeness (QED) is 0.390. The average Bonchev–Trinajstić information content (AvgIpc) is 3.39. The van der Waals surface area contributed by atoms with Gasteiger partial charge in [-0.1, -0.05) is 11.3 Å². The lowest BCUT2D eigenvalue weighted by Crippen LogP contribution is -2.16. The fourth-order valence-corrected chi connectivity index (χ4v) is 4.50. The predicted molar refractivity (Wildman–Crippen MR) is 120 cm³/mol. The summed E-state index contributed by atoms with van der Waals surface area (Å²) in [6.45, 7) is 0.727. The number of anilines is 1. The summed E-state index contributed by atoms with van der Waals surface area (Å²) in [5, 5.41) is 3.70. The van der Waals surface area contributed by atoms with Crippen molar-refractivity contribution in [1.82, 2.24) is 14.5 Å². The summed E-state index contributed by atoms with van der Waals surface area (Å²) in [5.41, 5.74) is 1.54. The number of alkyl halides is 2. The van der Waals surface area contributed by atoms with E-state index in [1.54, 1.807) is 32.0 Å². The molecule has 0 aliphatic heterocycles. The van der Waals surface area contributed by atoms with E-state index in [2.05, 4.69) is 15.3 Å². The SMILES string of the molecule is COc1ccc2c(C)c(CCC(=O)Nc3nc(C)c(-c4nccn4C(F)F)s3)c(=O)oc2c1. The van der Waals surface area contributed by atoms with Crippen molar-refractivity contribution in [2.24, 2.45) is 0 Å². The molecule has 33 heavy (non-hydrogen) atoms. The molecule has 172 valence electrons. The maximum Gasteiger partial charge on any atom is 0.339 e. The Hall–Kier alpha value is -3.60. The maximum atomic E-state index is 13.2. The number of methoxy groups -OCH3 is 1. The van der Waals surface area contributed by atoms with Crippen LogP contribution in [0.1, 0.15) is 29.8 Å². The summed E-state index contributed by atoms with van der Waals surface area (Å²) in [6, 6.07) is 5.22. The largest absolute Gasteiger partial charge is 0.497 e. The summed E-state index contributed by atoms with van der Waals surface area (Å²) in [7, 11) is 1.53. The van der Waals surface area contributed by atoms with Gasteiger partial charge in [0.2, 0.25) is 5.91 Å². The van der Waals surface area contributed by atoms with E-state index < -0.39 is 12.2 Å². The number of nitrogens with zero attached hydrogens (tertiary/aromatic N) is 3. The second-order valence-corrected chi connectivity index (χ2v) is 8.27. The molecule has 3 heterocycles. The van der Waals surface area contributed by atoms with Crippen molar-refractivity contribution in [2.45, 2.75) is 33.2 Å². The number of imidazole rings is 1. The fraction of sp³-hybridized carbons (Fsp3) is 0.273. The van der Waals surface area contributed by atoms with Gasteiger partial charge in [0.05, 0.1) is 17.7 Å². The Bertz CT molecular complexity index is 1390. The zero-order valence-electron chi connectivity index (χ0n) is 18.0.